The normalized spacial score (nSPS) is 11.3. The third-order valence-corrected chi connectivity index (χ3v) is 6.82. The van der Waals surface area contributed by atoms with E-state index in [1.165, 1.54) is 49.7 Å². The van der Waals surface area contributed by atoms with E-state index in [4.69, 9.17) is 0 Å². The Morgan fingerprint density at radius 3 is 1.73 bits per heavy atom. The summed E-state index contributed by atoms with van der Waals surface area (Å²) in [4.78, 5) is 0. The van der Waals surface area contributed by atoms with Crippen molar-refractivity contribution in [2.45, 2.75) is 6.42 Å². The van der Waals surface area contributed by atoms with Crippen molar-refractivity contribution >= 4 is 37.7 Å². The van der Waals surface area contributed by atoms with Gasteiger partial charge in [-0.05, 0) is 65.1 Å². The van der Waals surface area contributed by atoms with E-state index in [2.05, 4.69) is 142 Å². The Labute approximate surface area is 202 Å². The molecule has 0 unspecified atom stereocenters. The highest BCUT2D eigenvalue weighted by molar-refractivity contribution is 9.10. The quantitative estimate of drug-likeness (QED) is 0.234. The van der Waals surface area contributed by atoms with Crippen LogP contribution in [0.2, 0.25) is 0 Å². The molecule has 0 amide bonds. The molecule has 2 heteroatoms. The van der Waals surface area contributed by atoms with Gasteiger partial charge in [0.1, 0.15) is 0 Å². The fraction of sp³-hybridized carbons (Fsp3) is 0.0323. The first-order valence-corrected chi connectivity index (χ1v) is 12.0. The van der Waals surface area contributed by atoms with Crippen LogP contribution in [-0.2, 0) is 6.42 Å². The molecule has 1 aromatic heterocycles. The molecular formula is C31H22BrN. The lowest BCUT2D eigenvalue weighted by Crippen LogP contribution is -1.94. The number of halogens is 1. The van der Waals surface area contributed by atoms with Gasteiger partial charge >= 0.3 is 0 Å². The molecule has 33 heavy (non-hydrogen) atoms. The van der Waals surface area contributed by atoms with E-state index in [0.717, 1.165) is 10.9 Å². The monoisotopic (exact) mass is 487 g/mol. The maximum Gasteiger partial charge on any atom is 0.0541 e. The summed E-state index contributed by atoms with van der Waals surface area (Å²) in [6.45, 7) is 0. The zero-order valence-corrected chi connectivity index (χ0v) is 19.7. The molecule has 5 aromatic carbocycles. The van der Waals surface area contributed by atoms with Gasteiger partial charge in [0.2, 0.25) is 0 Å². The van der Waals surface area contributed by atoms with Crippen LogP contribution in [0.4, 0.5) is 0 Å². The Morgan fingerprint density at radius 2 is 1.09 bits per heavy atom. The largest absolute Gasteiger partial charge is 0.309 e. The van der Waals surface area contributed by atoms with Crippen molar-refractivity contribution in [2.24, 2.45) is 0 Å². The number of para-hydroxylation sites is 2. The van der Waals surface area contributed by atoms with Gasteiger partial charge in [0, 0.05) is 20.9 Å². The Morgan fingerprint density at radius 1 is 0.515 bits per heavy atom. The summed E-state index contributed by atoms with van der Waals surface area (Å²) in [6, 6.07) is 43.6. The van der Waals surface area contributed by atoms with Gasteiger partial charge < -0.3 is 4.57 Å². The molecule has 0 aliphatic rings. The first-order valence-electron chi connectivity index (χ1n) is 11.2. The lowest BCUT2D eigenvalue weighted by Gasteiger charge is -2.11. The summed E-state index contributed by atoms with van der Waals surface area (Å²) < 4.78 is 3.49. The lowest BCUT2D eigenvalue weighted by molar-refractivity contribution is 1.18. The number of rotatable bonds is 4. The predicted molar refractivity (Wildman–Crippen MR) is 143 cm³/mol. The molecule has 0 saturated heterocycles. The summed E-state index contributed by atoms with van der Waals surface area (Å²) in [5.41, 5.74) is 8.76. The number of nitrogens with zero attached hydrogens (tertiary/aromatic N) is 1. The van der Waals surface area contributed by atoms with E-state index in [0.29, 0.717) is 0 Å². The van der Waals surface area contributed by atoms with Gasteiger partial charge in [-0.1, -0.05) is 101 Å². The fourth-order valence-corrected chi connectivity index (χ4v) is 4.94. The minimum atomic E-state index is 0.939. The topological polar surface area (TPSA) is 4.93 Å². The van der Waals surface area contributed by atoms with Gasteiger partial charge in [-0.2, -0.15) is 0 Å². The van der Waals surface area contributed by atoms with Crippen molar-refractivity contribution in [2.75, 3.05) is 0 Å². The minimum Gasteiger partial charge on any atom is -0.309 e. The molecule has 158 valence electrons. The molecule has 0 radical (unpaired) electrons. The highest BCUT2D eigenvalue weighted by Crippen LogP contribution is 2.33. The zero-order chi connectivity index (χ0) is 22.2. The summed E-state index contributed by atoms with van der Waals surface area (Å²) in [5.74, 6) is 0. The second kappa shape index (κ2) is 8.38. The highest BCUT2D eigenvalue weighted by Gasteiger charge is 2.11. The van der Waals surface area contributed by atoms with Gasteiger partial charge in [0.15, 0.2) is 0 Å². The first kappa shape index (κ1) is 20.0. The van der Waals surface area contributed by atoms with Crippen molar-refractivity contribution in [3.05, 3.63) is 137 Å². The molecule has 0 fully saturated rings. The van der Waals surface area contributed by atoms with E-state index in [9.17, 15) is 0 Å². The minimum absolute atomic E-state index is 0.939. The molecule has 6 aromatic rings. The molecule has 0 aliphatic carbocycles. The van der Waals surface area contributed by atoms with Crippen molar-refractivity contribution in [1.82, 2.24) is 4.57 Å². The van der Waals surface area contributed by atoms with Crippen LogP contribution in [0.15, 0.2) is 126 Å². The molecular weight excluding hydrogens is 466 g/mol. The van der Waals surface area contributed by atoms with Crippen LogP contribution in [0.25, 0.3) is 38.6 Å². The van der Waals surface area contributed by atoms with Crippen molar-refractivity contribution < 1.29 is 0 Å². The summed E-state index contributed by atoms with van der Waals surface area (Å²) in [6.07, 6.45) is 0.939. The van der Waals surface area contributed by atoms with Crippen LogP contribution in [-0.4, -0.2) is 4.57 Å². The molecule has 0 atom stereocenters. The maximum absolute atomic E-state index is 3.51. The Balaban J connectivity index is 1.38. The standard InChI is InChI=1S/C31H22BrN/c32-26-18-14-23(15-19-26)20-22-12-16-24(17-13-22)25-6-5-7-27(21-25)33-30-10-3-1-8-28(30)29-9-2-4-11-31(29)33/h1-19,21H,20H2. The molecule has 0 bridgehead atoms. The predicted octanol–water partition coefficient (Wildman–Crippen LogP) is 8.80. The van der Waals surface area contributed by atoms with Crippen molar-refractivity contribution in [3.8, 4) is 16.8 Å². The smallest absolute Gasteiger partial charge is 0.0541 e. The lowest BCUT2D eigenvalue weighted by atomic mass is 10.00. The Kier molecular flexibility index (Phi) is 5.09. The maximum atomic E-state index is 3.51. The fourth-order valence-electron chi connectivity index (χ4n) is 4.68. The Bertz CT molecular complexity index is 1520. The molecule has 1 heterocycles. The van der Waals surface area contributed by atoms with Crippen molar-refractivity contribution in [1.29, 1.82) is 0 Å². The SMILES string of the molecule is Brc1ccc(Cc2ccc(-c3cccc(-n4c5ccccc5c5ccccc54)c3)cc2)cc1. The number of hydrogen-bond donors (Lipinski definition) is 0. The molecule has 0 N–H and O–H groups in total. The van der Waals surface area contributed by atoms with Crippen LogP contribution >= 0.6 is 15.9 Å². The average Bonchev–Trinajstić information content (AvgIpc) is 3.21. The first-order chi connectivity index (χ1) is 16.3. The second-order valence-corrected chi connectivity index (χ2v) is 9.34. The van der Waals surface area contributed by atoms with Gasteiger partial charge in [-0.15, -0.1) is 0 Å². The average molecular weight is 488 g/mol. The number of aromatic nitrogens is 1. The number of benzene rings is 5. The van der Waals surface area contributed by atoms with Gasteiger partial charge in [0.05, 0.1) is 11.0 Å². The number of fused-ring (bicyclic) bond motifs is 3. The van der Waals surface area contributed by atoms with Crippen LogP contribution in [0.5, 0.6) is 0 Å². The molecule has 0 saturated carbocycles. The van der Waals surface area contributed by atoms with Gasteiger partial charge in [-0.25, -0.2) is 0 Å². The summed E-state index contributed by atoms with van der Waals surface area (Å²) in [5, 5.41) is 2.58. The van der Waals surface area contributed by atoms with Crippen LogP contribution in [0.1, 0.15) is 11.1 Å². The highest BCUT2D eigenvalue weighted by atomic mass is 79.9. The van der Waals surface area contributed by atoms with Crippen LogP contribution in [0.3, 0.4) is 0 Å². The van der Waals surface area contributed by atoms with E-state index in [1.54, 1.807) is 0 Å². The van der Waals surface area contributed by atoms with Gasteiger partial charge in [-0.3, -0.25) is 0 Å². The summed E-state index contributed by atoms with van der Waals surface area (Å²) in [7, 11) is 0. The summed E-state index contributed by atoms with van der Waals surface area (Å²) >= 11 is 3.51. The molecule has 1 nitrogen and oxygen atoms in total. The molecule has 0 aliphatic heterocycles. The van der Waals surface area contributed by atoms with E-state index in [-0.39, 0.29) is 0 Å². The third-order valence-electron chi connectivity index (χ3n) is 6.29. The molecule has 6 rings (SSSR count). The molecule has 0 spiro atoms. The second-order valence-electron chi connectivity index (χ2n) is 8.42. The van der Waals surface area contributed by atoms with Crippen LogP contribution < -0.4 is 0 Å². The van der Waals surface area contributed by atoms with Gasteiger partial charge in [0.25, 0.3) is 0 Å². The third kappa shape index (κ3) is 3.77. The number of hydrogen-bond acceptors (Lipinski definition) is 0. The van der Waals surface area contributed by atoms with Crippen molar-refractivity contribution in [3.63, 3.8) is 0 Å². The van der Waals surface area contributed by atoms with E-state index in [1.807, 2.05) is 0 Å². The zero-order valence-electron chi connectivity index (χ0n) is 18.1. The van der Waals surface area contributed by atoms with E-state index < -0.39 is 0 Å². The van der Waals surface area contributed by atoms with E-state index >= 15 is 0 Å². The Hall–Kier alpha value is -3.62. The van der Waals surface area contributed by atoms with Crippen LogP contribution in [0, 0.1) is 0 Å².